The van der Waals surface area contributed by atoms with E-state index in [-0.39, 0.29) is 6.10 Å². The SMILES string of the molecule is C=C(/C=C\C(=C)C(C)Oc1ccc(CC)cc1)CC. The van der Waals surface area contributed by atoms with Crippen molar-refractivity contribution < 1.29 is 4.74 Å². The molecular weight excluding hydrogens is 232 g/mol. The third kappa shape index (κ3) is 5.17. The molecule has 1 aromatic carbocycles. The minimum Gasteiger partial charge on any atom is -0.486 e. The summed E-state index contributed by atoms with van der Waals surface area (Å²) in [7, 11) is 0. The molecule has 0 N–H and O–H groups in total. The fourth-order valence-electron chi connectivity index (χ4n) is 1.56. The van der Waals surface area contributed by atoms with Gasteiger partial charge in [-0.25, -0.2) is 0 Å². The predicted molar refractivity (Wildman–Crippen MR) is 83.6 cm³/mol. The zero-order chi connectivity index (χ0) is 14.3. The van der Waals surface area contributed by atoms with E-state index in [2.05, 4.69) is 39.1 Å². The Kier molecular flexibility index (Phi) is 6.14. The Hall–Kier alpha value is -1.76. The summed E-state index contributed by atoms with van der Waals surface area (Å²) in [5.74, 6) is 0.883. The van der Waals surface area contributed by atoms with Crippen LogP contribution in [0.4, 0.5) is 0 Å². The molecule has 1 aromatic rings. The van der Waals surface area contributed by atoms with Crippen LogP contribution >= 0.6 is 0 Å². The van der Waals surface area contributed by atoms with E-state index in [0.717, 1.165) is 29.7 Å². The average Bonchev–Trinajstić information content (AvgIpc) is 2.44. The Morgan fingerprint density at radius 3 is 2.32 bits per heavy atom. The Morgan fingerprint density at radius 1 is 1.16 bits per heavy atom. The highest BCUT2D eigenvalue weighted by Gasteiger charge is 2.05. The van der Waals surface area contributed by atoms with Gasteiger partial charge in [-0.1, -0.05) is 56.9 Å². The molecule has 0 bridgehead atoms. The number of hydrogen-bond acceptors (Lipinski definition) is 1. The van der Waals surface area contributed by atoms with Crippen molar-refractivity contribution in [2.24, 2.45) is 0 Å². The molecule has 1 rings (SSSR count). The molecular formula is C18H24O. The monoisotopic (exact) mass is 256 g/mol. The van der Waals surface area contributed by atoms with Crippen LogP contribution in [0.1, 0.15) is 32.8 Å². The highest BCUT2D eigenvalue weighted by atomic mass is 16.5. The van der Waals surface area contributed by atoms with Crippen LogP contribution in [0, 0.1) is 0 Å². The summed E-state index contributed by atoms with van der Waals surface area (Å²) >= 11 is 0. The maximum absolute atomic E-state index is 5.86. The number of ether oxygens (including phenoxy) is 1. The largest absolute Gasteiger partial charge is 0.486 e. The first kappa shape index (κ1) is 15.3. The topological polar surface area (TPSA) is 9.23 Å². The summed E-state index contributed by atoms with van der Waals surface area (Å²) in [5, 5.41) is 0. The molecule has 0 aliphatic heterocycles. The van der Waals surface area contributed by atoms with E-state index in [1.54, 1.807) is 0 Å². The molecule has 0 aromatic heterocycles. The Balaban J connectivity index is 2.58. The summed E-state index contributed by atoms with van der Waals surface area (Å²) in [6.45, 7) is 14.2. The molecule has 0 aliphatic rings. The van der Waals surface area contributed by atoms with Gasteiger partial charge in [0.25, 0.3) is 0 Å². The maximum Gasteiger partial charge on any atom is 0.120 e. The number of allylic oxidation sites excluding steroid dienone is 2. The van der Waals surface area contributed by atoms with Gasteiger partial charge in [0.1, 0.15) is 11.9 Å². The van der Waals surface area contributed by atoms with E-state index in [1.807, 2.05) is 31.2 Å². The number of benzene rings is 1. The van der Waals surface area contributed by atoms with Crippen LogP contribution in [0.2, 0.25) is 0 Å². The van der Waals surface area contributed by atoms with Gasteiger partial charge in [0, 0.05) is 0 Å². The normalized spacial score (nSPS) is 12.4. The number of hydrogen-bond donors (Lipinski definition) is 0. The molecule has 0 aliphatic carbocycles. The molecule has 0 fully saturated rings. The summed E-state index contributed by atoms with van der Waals surface area (Å²) < 4.78 is 5.86. The zero-order valence-corrected chi connectivity index (χ0v) is 12.3. The predicted octanol–water partition coefficient (Wildman–Crippen LogP) is 5.09. The minimum atomic E-state index is -0.0339. The standard InChI is InChI=1S/C18H24O/c1-6-14(3)8-9-15(4)16(5)19-18-12-10-17(7-2)11-13-18/h8-13,16H,3-4,6-7H2,1-2,5H3/b9-8-. The van der Waals surface area contributed by atoms with Gasteiger partial charge < -0.3 is 4.74 Å². The first-order chi connectivity index (χ1) is 9.06. The molecule has 19 heavy (non-hydrogen) atoms. The fourth-order valence-corrected chi connectivity index (χ4v) is 1.56. The summed E-state index contributed by atoms with van der Waals surface area (Å²) in [6.07, 6.45) is 5.95. The highest BCUT2D eigenvalue weighted by molar-refractivity contribution is 5.30. The van der Waals surface area contributed by atoms with Crippen molar-refractivity contribution in [1.82, 2.24) is 0 Å². The van der Waals surface area contributed by atoms with Crippen molar-refractivity contribution >= 4 is 0 Å². The van der Waals surface area contributed by atoms with Gasteiger partial charge in [-0.05, 0) is 43.0 Å². The van der Waals surface area contributed by atoms with Crippen LogP contribution in [0.5, 0.6) is 5.75 Å². The third-order valence-corrected chi connectivity index (χ3v) is 3.15. The lowest BCUT2D eigenvalue weighted by molar-refractivity contribution is 0.261. The fraction of sp³-hybridized carbons (Fsp3) is 0.333. The Bertz CT molecular complexity index is 451. The zero-order valence-electron chi connectivity index (χ0n) is 12.3. The van der Waals surface area contributed by atoms with Gasteiger partial charge in [-0.3, -0.25) is 0 Å². The smallest absolute Gasteiger partial charge is 0.120 e. The second kappa shape index (κ2) is 7.63. The quantitative estimate of drug-likeness (QED) is 0.617. The molecule has 1 atom stereocenters. The molecule has 0 heterocycles. The number of rotatable bonds is 7. The molecule has 1 heteroatoms. The summed E-state index contributed by atoms with van der Waals surface area (Å²) in [6, 6.07) is 8.22. The molecule has 0 amide bonds. The molecule has 0 spiro atoms. The highest BCUT2D eigenvalue weighted by Crippen LogP contribution is 2.17. The van der Waals surface area contributed by atoms with E-state index in [9.17, 15) is 0 Å². The molecule has 0 saturated heterocycles. The van der Waals surface area contributed by atoms with Crippen molar-refractivity contribution in [1.29, 1.82) is 0 Å². The lowest BCUT2D eigenvalue weighted by Gasteiger charge is -2.15. The van der Waals surface area contributed by atoms with Crippen molar-refractivity contribution in [2.45, 2.75) is 39.7 Å². The Labute approximate surface area is 117 Å². The van der Waals surface area contributed by atoms with Crippen LogP contribution in [0.15, 0.2) is 60.7 Å². The molecule has 102 valence electrons. The van der Waals surface area contributed by atoms with Gasteiger partial charge in [-0.2, -0.15) is 0 Å². The van der Waals surface area contributed by atoms with Crippen LogP contribution in [-0.2, 0) is 6.42 Å². The van der Waals surface area contributed by atoms with Crippen molar-refractivity contribution in [3.8, 4) is 5.75 Å². The summed E-state index contributed by atoms with van der Waals surface area (Å²) in [5.41, 5.74) is 3.37. The van der Waals surface area contributed by atoms with E-state index >= 15 is 0 Å². The lowest BCUT2D eigenvalue weighted by Crippen LogP contribution is -2.13. The van der Waals surface area contributed by atoms with Crippen molar-refractivity contribution in [3.63, 3.8) is 0 Å². The van der Waals surface area contributed by atoms with Gasteiger partial charge >= 0.3 is 0 Å². The maximum atomic E-state index is 5.86. The second-order valence-corrected chi connectivity index (χ2v) is 4.68. The van der Waals surface area contributed by atoms with Gasteiger partial charge in [-0.15, -0.1) is 0 Å². The van der Waals surface area contributed by atoms with Gasteiger partial charge in [0.05, 0.1) is 0 Å². The lowest BCUT2D eigenvalue weighted by atomic mass is 10.1. The average molecular weight is 256 g/mol. The minimum absolute atomic E-state index is 0.0339. The molecule has 1 unspecified atom stereocenters. The van der Waals surface area contributed by atoms with E-state index in [0.29, 0.717) is 0 Å². The molecule has 0 saturated carbocycles. The van der Waals surface area contributed by atoms with Crippen LogP contribution < -0.4 is 4.74 Å². The van der Waals surface area contributed by atoms with E-state index in [1.165, 1.54) is 5.56 Å². The third-order valence-electron chi connectivity index (χ3n) is 3.15. The van der Waals surface area contributed by atoms with Gasteiger partial charge in [0.15, 0.2) is 0 Å². The van der Waals surface area contributed by atoms with Crippen LogP contribution in [0.25, 0.3) is 0 Å². The first-order valence-electron chi connectivity index (χ1n) is 6.87. The van der Waals surface area contributed by atoms with Crippen molar-refractivity contribution in [3.05, 3.63) is 66.3 Å². The molecule has 1 nitrogen and oxygen atoms in total. The van der Waals surface area contributed by atoms with Gasteiger partial charge in [0.2, 0.25) is 0 Å². The van der Waals surface area contributed by atoms with Crippen molar-refractivity contribution in [2.75, 3.05) is 0 Å². The second-order valence-electron chi connectivity index (χ2n) is 4.68. The summed E-state index contributed by atoms with van der Waals surface area (Å²) in [4.78, 5) is 0. The van der Waals surface area contributed by atoms with Crippen LogP contribution in [-0.4, -0.2) is 6.10 Å². The molecule has 0 radical (unpaired) electrons. The van der Waals surface area contributed by atoms with Crippen LogP contribution in [0.3, 0.4) is 0 Å². The Morgan fingerprint density at radius 2 is 1.79 bits per heavy atom. The van der Waals surface area contributed by atoms with E-state index in [4.69, 9.17) is 4.74 Å². The van der Waals surface area contributed by atoms with E-state index < -0.39 is 0 Å². The number of aryl methyl sites for hydroxylation is 1. The first-order valence-corrected chi connectivity index (χ1v) is 6.87.